The van der Waals surface area contributed by atoms with Crippen LogP contribution in [0.15, 0.2) is 79.0 Å². The van der Waals surface area contributed by atoms with E-state index in [9.17, 15) is 18.0 Å². The second-order valence-corrected chi connectivity index (χ2v) is 12.5. The second kappa shape index (κ2) is 13.2. The van der Waals surface area contributed by atoms with Crippen LogP contribution >= 0.6 is 0 Å². The Balaban J connectivity index is 1.16. The molecule has 228 valence electrons. The number of likely N-dealkylation sites (tertiary alicyclic amines) is 1. The first-order chi connectivity index (χ1) is 21.0. The standard InChI is InChI=1S/C32H34N6O5S/c1-21-23(7-14-30(35-21)43-26-11-8-24(9-12-26)37-44(2,41)42)20-38-17-15-22(16-18-38)27-5-3-4-6-28(27)32(40)36-25-10-13-29(31(33)39)34-19-25/h3-14,19,22,37H,15-18,20H2,1-2H3,(H2,33,39)(H,36,40). The van der Waals surface area contributed by atoms with Gasteiger partial charge in [0.15, 0.2) is 0 Å². The number of aromatic nitrogens is 2. The third-order valence-electron chi connectivity index (χ3n) is 7.45. The zero-order valence-electron chi connectivity index (χ0n) is 24.5. The molecule has 0 spiro atoms. The molecular weight excluding hydrogens is 580 g/mol. The van der Waals surface area contributed by atoms with Gasteiger partial charge in [-0.25, -0.2) is 18.4 Å². The van der Waals surface area contributed by atoms with Crippen molar-refractivity contribution < 1.29 is 22.7 Å². The molecule has 0 unspecified atom stereocenters. The van der Waals surface area contributed by atoms with E-state index in [0.29, 0.717) is 28.6 Å². The number of rotatable bonds is 10. The number of ether oxygens (including phenoxy) is 1. The molecule has 0 bridgehead atoms. The van der Waals surface area contributed by atoms with Crippen molar-refractivity contribution in [2.75, 3.05) is 29.4 Å². The van der Waals surface area contributed by atoms with Gasteiger partial charge in [-0.3, -0.25) is 19.2 Å². The highest BCUT2D eigenvalue weighted by Gasteiger charge is 2.25. The number of nitrogens with two attached hydrogens (primary N) is 1. The van der Waals surface area contributed by atoms with Crippen molar-refractivity contribution in [1.82, 2.24) is 14.9 Å². The van der Waals surface area contributed by atoms with Gasteiger partial charge in [-0.15, -0.1) is 0 Å². The molecule has 4 N–H and O–H groups in total. The Morgan fingerprint density at radius 3 is 2.32 bits per heavy atom. The lowest BCUT2D eigenvalue weighted by Crippen LogP contribution is -2.33. The molecule has 0 aliphatic carbocycles. The Morgan fingerprint density at radius 1 is 0.977 bits per heavy atom. The minimum atomic E-state index is -3.34. The van der Waals surface area contributed by atoms with Gasteiger partial charge in [0.2, 0.25) is 15.9 Å². The van der Waals surface area contributed by atoms with Crippen molar-refractivity contribution in [3.8, 4) is 11.6 Å². The first-order valence-corrected chi connectivity index (χ1v) is 16.0. The number of primary amides is 1. The van der Waals surface area contributed by atoms with Crippen LogP contribution in [0.1, 0.15) is 56.4 Å². The predicted molar refractivity (Wildman–Crippen MR) is 168 cm³/mol. The van der Waals surface area contributed by atoms with Crippen molar-refractivity contribution in [1.29, 1.82) is 0 Å². The van der Waals surface area contributed by atoms with Crippen LogP contribution in [0.4, 0.5) is 11.4 Å². The van der Waals surface area contributed by atoms with E-state index in [1.165, 1.54) is 12.3 Å². The SMILES string of the molecule is Cc1nc(Oc2ccc(NS(C)(=O)=O)cc2)ccc1CN1CCC(c2ccccc2C(=O)Nc2ccc(C(N)=O)nc2)CC1. The van der Waals surface area contributed by atoms with E-state index in [1.807, 2.05) is 43.3 Å². The lowest BCUT2D eigenvalue weighted by Gasteiger charge is -2.33. The number of sulfonamides is 1. The maximum absolute atomic E-state index is 13.2. The van der Waals surface area contributed by atoms with Gasteiger partial charge in [0.05, 0.1) is 18.1 Å². The van der Waals surface area contributed by atoms with Crippen molar-refractivity contribution in [3.63, 3.8) is 0 Å². The van der Waals surface area contributed by atoms with Gasteiger partial charge in [-0.2, -0.15) is 0 Å². The summed E-state index contributed by atoms with van der Waals surface area (Å²) in [6.07, 6.45) is 4.35. The molecule has 1 aliphatic rings. The number of piperidine rings is 1. The number of hydrogen-bond donors (Lipinski definition) is 3. The fourth-order valence-electron chi connectivity index (χ4n) is 5.23. The summed E-state index contributed by atoms with van der Waals surface area (Å²) >= 11 is 0. The van der Waals surface area contributed by atoms with Gasteiger partial charge in [0, 0.05) is 29.6 Å². The van der Waals surface area contributed by atoms with Crippen molar-refractivity contribution in [2.24, 2.45) is 5.73 Å². The van der Waals surface area contributed by atoms with Crippen LogP contribution in [0, 0.1) is 6.92 Å². The monoisotopic (exact) mass is 614 g/mol. The van der Waals surface area contributed by atoms with Gasteiger partial charge in [0.1, 0.15) is 11.4 Å². The van der Waals surface area contributed by atoms with Crippen LogP contribution in [0.5, 0.6) is 11.6 Å². The summed E-state index contributed by atoms with van der Waals surface area (Å²) in [4.78, 5) is 35.5. The number of nitrogens with one attached hydrogen (secondary N) is 2. The molecule has 44 heavy (non-hydrogen) atoms. The number of carbonyl (C=O) groups excluding carboxylic acids is 2. The lowest BCUT2D eigenvalue weighted by molar-refractivity contribution is 0.0994. The Labute approximate surface area is 256 Å². The molecule has 1 saturated heterocycles. The molecule has 1 aliphatic heterocycles. The normalized spacial score (nSPS) is 14.1. The Bertz CT molecular complexity index is 1750. The number of amides is 2. The first-order valence-electron chi connectivity index (χ1n) is 14.1. The van der Waals surface area contributed by atoms with Crippen LogP contribution in [0.3, 0.4) is 0 Å². The molecule has 2 aromatic carbocycles. The summed E-state index contributed by atoms with van der Waals surface area (Å²) in [5, 5.41) is 2.88. The largest absolute Gasteiger partial charge is 0.439 e. The number of anilines is 2. The van der Waals surface area contributed by atoms with Gasteiger partial charge in [-0.1, -0.05) is 24.3 Å². The minimum Gasteiger partial charge on any atom is -0.439 e. The number of pyridine rings is 2. The lowest BCUT2D eigenvalue weighted by atomic mass is 9.86. The summed E-state index contributed by atoms with van der Waals surface area (Å²) in [6.45, 7) is 4.48. The molecular formula is C32H34N6O5S. The third kappa shape index (κ3) is 7.97. The highest BCUT2D eigenvalue weighted by molar-refractivity contribution is 7.92. The van der Waals surface area contributed by atoms with Crippen LogP contribution in [0.25, 0.3) is 0 Å². The molecule has 2 aromatic heterocycles. The van der Waals surface area contributed by atoms with E-state index in [4.69, 9.17) is 10.5 Å². The molecule has 11 nitrogen and oxygen atoms in total. The van der Waals surface area contributed by atoms with Crippen LogP contribution in [0.2, 0.25) is 0 Å². The van der Waals surface area contributed by atoms with Crippen molar-refractivity contribution >= 4 is 33.2 Å². The third-order valence-corrected chi connectivity index (χ3v) is 8.06. The van der Waals surface area contributed by atoms with E-state index in [1.54, 1.807) is 30.3 Å². The maximum Gasteiger partial charge on any atom is 0.267 e. The molecule has 5 rings (SSSR count). The number of hydrogen-bond acceptors (Lipinski definition) is 8. The minimum absolute atomic E-state index is 0.138. The second-order valence-electron chi connectivity index (χ2n) is 10.8. The van der Waals surface area contributed by atoms with Crippen molar-refractivity contribution in [2.45, 2.75) is 32.2 Å². The van der Waals surface area contributed by atoms with E-state index in [0.717, 1.165) is 55.6 Å². The van der Waals surface area contributed by atoms with E-state index in [2.05, 4.69) is 24.9 Å². The zero-order valence-corrected chi connectivity index (χ0v) is 25.3. The van der Waals surface area contributed by atoms with E-state index < -0.39 is 15.9 Å². The topological polar surface area (TPSA) is 157 Å². The number of carbonyl (C=O) groups is 2. The number of aryl methyl sites for hydroxylation is 1. The summed E-state index contributed by atoms with van der Waals surface area (Å²) in [7, 11) is -3.34. The van der Waals surface area contributed by atoms with Crippen LogP contribution in [-0.2, 0) is 16.6 Å². The Kier molecular flexibility index (Phi) is 9.21. The summed E-state index contributed by atoms with van der Waals surface area (Å²) < 4.78 is 31.1. The average molecular weight is 615 g/mol. The summed E-state index contributed by atoms with van der Waals surface area (Å²) in [5.41, 5.74) is 9.97. The molecule has 3 heterocycles. The molecule has 1 fully saturated rings. The molecule has 4 aromatic rings. The Morgan fingerprint density at radius 2 is 1.68 bits per heavy atom. The van der Waals surface area contributed by atoms with Gasteiger partial charge < -0.3 is 15.8 Å². The maximum atomic E-state index is 13.2. The fraction of sp³-hybridized carbons (Fsp3) is 0.250. The average Bonchev–Trinajstić information content (AvgIpc) is 2.99. The zero-order chi connectivity index (χ0) is 31.3. The Hall–Kier alpha value is -4.81. The van der Waals surface area contributed by atoms with Crippen LogP contribution in [-0.4, -0.2) is 54.4 Å². The van der Waals surface area contributed by atoms with Gasteiger partial charge >= 0.3 is 0 Å². The van der Waals surface area contributed by atoms with E-state index in [-0.39, 0.29) is 17.5 Å². The molecule has 0 atom stereocenters. The molecule has 12 heteroatoms. The predicted octanol–water partition coefficient (Wildman–Crippen LogP) is 4.68. The van der Waals surface area contributed by atoms with E-state index >= 15 is 0 Å². The van der Waals surface area contributed by atoms with Crippen molar-refractivity contribution in [3.05, 3.63) is 107 Å². The smallest absolute Gasteiger partial charge is 0.267 e. The number of nitrogens with zero attached hydrogens (tertiary/aromatic N) is 3. The highest BCUT2D eigenvalue weighted by Crippen LogP contribution is 2.32. The summed E-state index contributed by atoms with van der Waals surface area (Å²) in [5.74, 6) is 0.420. The molecule has 0 saturated carbocycles. The van der Waals surface area contributed by atoms with Crippen LogP contribution < -0.4 is 20.5 Å². The highest BCUT2D eigenvalue weighted by atomic mass is 32.2. The molecule has 2 amide bonds. The quantitative estimate of drug-likeness (QED) is 0.232. The fourth-order valence-corrected chi connectivity index (χ4v) is 5.80. The number of benzene rings is 2. The summed E-state index contributed by atoms with van der Waals surface area (Å²) in [6, 6.07) is 21.3. The van der Waals surface area contributed by atoms with Gasteiger partial charge in [0.25, 0.3) is 11.8 Å². The first kappa shape index (κ1) is 30.6. The molecule has 0 radical (unpaired) electrons. The van der Waals surface area contributed by atoms with Gasteiger partial charge in [-0.05, 0) is 92.4 Å².